The van der Waals surface area contributed by atoms with Crippen molar-refractivity contribution in [1.82, 2.24) is 0 Å². The first kappa shape index (κ1) is 25.3. The van der Waals surface area contributed by atoms with Gasteiger partial charge in [0.1, 0.15) is 5.76 Å². The molecule has 27 heavy (non-hydrogen) atoms. The number of aliphatic hydroxyl groups excluding tert-OH is 1. The molecular weight excluding hydrogens is 512 g/mol. The third-order valence-electron chi connectivity index (χ3n) is 3.83. The normalized spacial score (nSPS) is 11.7. The van der Waals surface area contributed by atoms with E-state index in [1.807, 2.05) is 53.7 Å². The van der Waals surface area contributed by atoms with Crippen LogP contribution in [-0.4, -0.2) is 10.9 Å². The van der Waals surface area contributed by atoms with Crippen LogP contribution >= 0.6 is 0 Å². The Morgan fingerprint density at radius 2 is 1.48 bits per heavy atom. The largest absolute Gasteiger partial charge is 0.512 e. The summed E-state index contributed by atoms with van der Waals surface area (Å²) in [6, 6.07) is 19.7. The van der Waals surface area contributed by atoms with Crippen molar-refractivity contribution < 1.29 is 30.0 Å². The molecule has 1 radical (unpaired) electrons. The van der Waals surface area contributed by atoms with Crippen molar-refractivity contribution in [2.45, 2.75) is 48.5 Å². The molecule has 0 saturated carbocycles. The van der Waals surface area contributed by atoms with E-state index in [1.165, 1.54) is 22.8 Å². The van der Waals surface area contributed by atoms with Crippen LogP contribution in [-0.2, 0) is 24.9 Å². The van der Waals surface area contributed by atoms with E-state index in [0.717, 1.165) is 0 Å². The Bertz CT molecular complexity index is 748. The Labute approximate surface area is 178 Å². The van der Waals surface area contributed by atoms with Crippen LogP contribution in [0.1, 0.15) is 47.1 Å². The number of aliphatic hydroxyl groups is 1. The van der Waals surface area contributed by atoms with Gasteiger partial charge in [-0.05, 0) is 5.56 Å². The second-order valence-corrected chi connectivity index (χ2v) is 8.52. The first-order valence-corrected chi connectivity index (χ1v) is 8.90. The van der Waals surface area contributed by atoms with Gasteiger partial charge in [0.15, 0.2) is 5.78 Å². The zero-order chi connectivity index (χ0) is 20.0. The molecule has 0 aliphatic heterocycles. The Morgan fingerprint density at radius 1 is 0.926 bits per heavy atom. The van der Waals surface area contributed by atoms with Gasteiger partial charge in [-0.1, -0.05) is 78.8 Å². The van der Waals surface area contributed by atoms with E-state index in [4.69, 9.17) is 0 Å². The number of rotatable bonds is 2. The van der Waals surface area contributed by atoms with Crippen molar-refractivity contribution in [1.29, 1.82) is 0 Å². The minimum atomic E-state index is -0.417. The zero-order valence-corrected chi connectivity index (χ0v) is 19.8. The van der Waals surface area contributed by atoms with Crippen molar-refractivity contribution in [2.75, 3.05) is 0 Å². The van der Waals surface area contributed by atoms with Crippen LogP contribution < -0.4 is 0 Å². The average molecular weight is 544 g/mol. The Morgan fingerprint density at radius 3 is 1.93 bits per heavy atom. The summed E-state index contributed by atoms with van der Waals surface area (Å²) in [6.07, 6.45) is 1.33. The molecule has 0 unspecified atom stereocenters. The molecule has 0 aliphatic rings. The van der Waals surface area contributed by atoms with Crippen molar-refractivity contribution in [3.8, 4) is 11.1 Å². The number of aryl methyl sites for hydroxylation is 1. The number of allylic oxidation sites excluding steroid dienone is 2. The van der Waals surface area contributed by atoms with Gasteiger partial charge >= 0.3 is 0 Å². The maximum absolute atomic E-state index is 11.5. The van der Waals surface area contributed by atoms with E-state index < -0.39 is 5.41 Å². The third kappa shape index (κ3) is 9.17. The van der Waals surface area contributed by atoms with Crippen molar-refractivity contribution in [3.05, 3.63) is 72.0 Å². The van der Waals surface area contributed by atoms with Gasteiger partial charge in [0, 0.05) is 37.0 Å². The SMILES string of the molecule is CC(C)(C)C(=O)/C=C(\O)C(C)(C)C.Cc1[c-]ccc(-c2ccccc2)c1.[Ir]. The zero-order valence-electron chi connectivity index (χ0n) is 17.4. The summed E-state index contributed by atoms with van der Waals surface area (Å²) in [5.41, 5.74) is 2.94. The van der Waals surface area contributed by atoms with Crippen LogP contribution in [0, 0.1) is 23.8 Å². The first-order valence-electron chi connectivity index (χ1n) is 8.90. The predicted molar refractivity (Wildman–Crippen MR) is 110 cm³/mol. The van der Waals surface area contributed by atoms with Crippen LogP contribution in [0.4, 0.5) is 0 Å². The number of ketones is 1. The van der Waals surface area contributed by atoms with E-state index in [1.54, 1.807) is 0 Å². The number of hydrogen-bond donors (Lipinski definition) is 1. The van der Waals surface area contributed by atoms with Crippen LogP contribution in [0.2, 0.25) is 0 Å². The van der Waals surface area contributed by atoms with Crippen LogP contribution in [0.15, 0.2) is 60.4 Å². The molecule has 0 amide bonds. The molecule has 2 nitrogen and oxygen atoms in total. The van der Waals surface area contributed by atoms with Crippen molar-refractivity contribution in [3.63, 3.8) is 0 Å². The molecule has 3 heteroatoms. The molecule has 0 fully saturated rings. The standard InChI is InChI=1S/C13H11.C11H20O2.Ir/c1-11-6-5-9-13(10-11)12-7-3-2-4-8-12;1-10(2,3)8(12)7-9(13)11(4,5)6;/h2-5,7-10H,1H3;7,12H,1-6H3;/q-1;;/b;8-7-;. The number of benzene rings is 2. The van der Waals surface area contributed by atoms with E-state index in [-0.39, 0.29) is 37.1 Å². The van der Waals surface area contributed by atoms with Gasteiger partial charge in [-0.15, -0.1) is 5.56 Å². The Balaban J connectivity index is 0.000000483. The summed E-state index contributed by atoms with van der Waals surface area (Å²) in [7, 11) is 0. The van der Waals surface area contributed by atoms with E-state index >= 15 is 0 Å². The summed E-state index contributed by atoms with van der Waals surface area (Å²) < 4.78 is 0. The summed E-state index contributed by atoms with van der Waals surface area (Å²) >= 11 is 0. The van der Waals surface area contributed by atoms with E-state index in [0.29, 0.717) is 0 Å². The molecule has 0 aromatic heterocycles. The van der Waals surface area contributed by atoms with Gasteiger partial charge in [-0.2, -0.15) is 29.8 Å². The Hall–Kier alpha value is -1.70. The summed E-state index contributed by atoms with van der Waals surface area (Å²) in [4.78, 5) is 11.5. The molecule has 0 atom stereocenters. The van der Waals surface area contributed by atoms with E-state index in [2.05, 4.69) is 49.4 Å². The smallest absolute Gasteiger partial charge is 0.164 e. The third-order valence-corrected chi connectivity index (χ3v) is 3.83. The Kier molecular flexibility index (Phi) is 9.92. The number of hydrogen-bond acceptors (Lipinski definition) is 2. The molecule has 0 bridgehead atoms. The molecule has 0 saturated heterocycles. The van der Waals surface area contributed by atoms with Crippen LogP contribution in [0.3, 0.4) is 0 Å². The number of carbonyl (C=O) groups is 1. The van der Waals surface area contributed by atoms with Gasteiger partial charge in [0.05, 0.1) is 0 Å². The fourth-order valence-corrected chi connectivity index (χ4v) is 1.95. The summed E-state index contributed by atoms with van der Waals surface area (Å²) in [5.74, 6) is 0.104. The molecule has 1 N–H and O–H groups in total. The van der Waals surface area contributed by atoms with Crippen LogP contribution in [0.5, 0.6) is 0 Å². The number of carbonyl (C=O) groups excluding carboxylic acids is 1. The van der Waals surface area contributed by atoms with E-state index in [9.17, 15) is 9.90 Å². The van der Waals surface area contributed by atoms with Gasteiger partial charge < -0.3 is 5.11 Å². The topological polar surface area (TPSA) is 37.3 Å². The molecule has 0 heterocycles. The van der Waals surface area contributed by atoms with Crippen LogP contribution in [0.25, 0.3) is 11.1 Å². The summed E-state index contributed by atoms with van der Waals surface area (Å²) in [6.45, 7) is 13.2. The average Bonchev–Trinajstić information content (AvgIpc) is 2.54. The molecule has 2 rings (SSSR count). The minimum Gasteiger partial charge on any atom is -0.512 e. The van der Waals surface area contributed by atoms with Crippen molar-refractivity contribution >= 4 is 5.78 Å². The maximum atomic E-state index is 11.5. The quantitative estimate of drug-likeness (QED) is 0.265. The molecule has 0 aliphatic carbocycles. The maximum Gasteiger partial charge on any atom is 0.164 e. The van der Waals surface area contributed by atoms with Crippen molar-refractivity contribution in [2.24, 2.45) is 10.8 Å². The minimum absolute atomic E-state index is 0. The second kappa shape index (κ2) is 10.6. The predicted octanol–water partition coefficient (Wildman–Crippen LogP) is 6.55. The monoisotopic (exact) mass is 544 g/mol. The first-order chi connectivity index (χ1) is 11.9. The molecule has 2 aromatic rings. The fourth-order valence-electron chi connectivity index (χ4n) is 1.95. The summed E-state index contributed by atoms with van der Waals surface area (Å²) in [5, 5.41) is 9.56. The molecular formula is C24H31IrO2-. The van der Waals surface area contributed by atoms with Gasteiger partial charge in [-0.25, -0.2) is 0 Å². The molecule has 0 spiro atoms. The molecule has 2 aromatic carbocycles. The fraction of sp³-hybridized carbons (Fsp3) is 0.375. The molecule has 149 valence electrons. The van der Waals surface area contributed by atoms with Gasteiger partial charge in [0.2, 0.25) is 0 Å². The van der Waals surface area contributed by atoms with Gasteiger partial charge in [-0.3, -0.25) is 4.79 Å². The second-order valence-electron chi connectivity index (χ2n) is 8.52. The van der Waals surface area contributed by atoms with Gasteiger partial charge in [0.25, 0.3) is 0 Å².